The molecule has 4 bridgehead atoms. The number of carbonyl (C=O) groups is 2. The molecule has 2 amide bonds. The van der Waals surface area contributed by atoms with E-state index in [-0.39, 0.29) is 22.4 Å². The summed E-state index contributed by atoms with van der Waals surface area (Å²) in [5, 5.41) is 6.00. The van der Waals surface area contributed by atoms with Gasteiger partial charge in [-0.1, -0.05) is 13.8 Å². The van der Waals surface area contributed by atoms with E-state index in [1.54, 1.807) is 19.5 Å². The molecular weight excluding hydrogens is 442 g/mol. The Morgan fingerprint density at radius 1 is 1.06 bits per heavy atom. The van der Waals surface area contributed by atoms with Gasteiger partial charge in [0.25, 0.3) is 11.8 Å². The monoisotopic (exact) mass is 485 g/mol. The van der Waals surface area contributed by atoms with Crippen molar-refractivity contribution in [1.82, 2.24) is 15.2 Å². The molecule has 0 spiro atoms. The standard InChI is InChI=1S/C28H43N3O4/c1-18(2)6-8-31-16-22(25(33)29-7-9-35-5)24(32)23(17-31)26(34)30-27(3,4)28-13-19-10-20(14-28)12-21(11-19)15-28/h16-21H,6-15H2,1-5H3,(H,29,33)(H,30,34). The molecule has 0 atom stereocenters. The van der Waals surface area contributed by atoms with E-state index < -0.39 is 16.9 Å². The number of hydrogen-bond acceptors (Lipinski definition) is 4. The van der Waals surface area contributed by atoms with Crippen molar-refractivity contribution in [2.45, 2.75) is 84.7 Å². The second-order valence-electron chi connectivity index (χ2n) is 12.4. The first-order valence-corrected chi connectivity index (χ1v) is 13.4. The second-order valence-corrected chi connectivity index (χ2v) is 12.4. The Kier molecular flexibility index (Phi) is 7.46. The number of methoxy groups -OCH3 is 1. The summed E-state index contributed by atoms with van der Waals surface area (Å²) in [6.07, 6.45) is 11.6. The molecule has 4 aliphatic carbocycles. The topological polar surface area (TPSA) is 89.4 Å². The zero-order chi connectivity index (χ0) is 25.4. The molecule has 2 N–H and O–H groups in total. The summed E-state index contributed by atoms with van der Waals surface area (Å²) in [5.74, 6) is 1.92. The quantitative estimate of drug-likeness (QED) is 0.490. The highest BCUT2D eigenvalue weighted by Gasteiger charge is 2.57. The minimum Gasteiger partial charge on any atom is -0.383 e. The summed E-state index contributed by atoms with van der Waals surface area (Å²) >= 11 is 0. The molecular formula is C28H43N3O4. The molecule has 7 heteroatoms. The van der Waals surface area contributed by atoms with Crippen LogP contribution in [0.4, 0.5) is 0 Å². The van der Waals surface area contributed by atoms with Crippen molar-refractivity contribution in [2.75, 3.05) is 20.3 Å². The van der Waals surface area contributed by atoms with Crippen molar-refractivity contribution in [1.29, 1.82) is 0 Å². The zero-order valence-corrected chi connectivity index (χ0v) is 22.1. The largest absolute Gasteiger partial charge is 0.383 e. The number of aryl methyl sites for hydroxylation is 1. The Labute approximate surface area is 209 Å². The molecule has 0 aromatic carbocycles. The Morgan fingerprint density at radius 2 is 1.60 bits per heavy atom. The molecule has 0 radical (unpaired) electrons. The van der Waals surface area contributed by atoms with Gasteiger partial charge in [-0.15, -0.1) is 0 Å². The molecule has 0 aliphatic heterocycles. The Hall–Kier alpha value is -2.15. The molecule has 4 saturated carbocycles. The van der Waals surface area contributed by atoms with Crippen molar-refractivity contribution in [3.05, 3.63) is 33.7 Å². The second kappa shape index (κ2) is 10.1. The lowest BCUT2D eigenvalue weighted by molar-refractivity contribution is -0.0956. The minimum absolute atomic E-state index is 0.00474. The van der Waals surface area contributed by atoms with Crippen LogP contribution in [0, 0.1) is 29.1 Å². The Bertz CT molecular complexity index is 975. The number of amides is 2. The van der Waals surface area contributed by atoms with Crippen LogP contribution < -0.4 is 16.1 Å². The first-order chi connectivity index (χ1) is 16.5. The van der Waals surface area contributed by atoms with Crippen molar-refractivity contribution < 1.29 is 14.3 Å². The molecule has 1 aromatic heterocycles. The third-order valence-electron chi connectivity index (χ3n) is 8.91. The molecule has 1 heterocycles. The molecule has 7 nitrogen and oxygen atoms in total. The normalized spacial score (nSPS) is 27.3. The van der Waals surface area contributed by atoms with Gasteiger partial charge in [-0.3, -0.25) is 14.4 Å². The van der Waals surface area contributed by atoms with Gasteiger partial charge in [0.1, 0.15) is 11.1 Å². The van der Waals surface area contributed by atoms with Gasteiger partial charge in [0, 0.05) is 38.1 Å². The fraction of sp³-hybridized carbons (Fsp3) is 0.750. The van der Waals surface area contributed by atoms with Gasteiger partial charge in [0.2, 0.25) is 5.43 Å². The molecule has 4 aliphatic rings. The van der Waals surface area contributed by atoms with Crippen LogP contribution in [0.15, 0.2) is 17.2 Å². The minimum atomic E-state index is -0.514. The maximum Gasteiger partial charge on any atom is 0.257 e. The predicted octanol–water partition coefficient (Wildman–Crippen LogP) is 4.00. The van der Waals surface area contributed by atoms with Crippen LogP contribution in [0.2, 0.25) is 0 Å². The molecule has 1 aromatic rings. The third kappa shape index (κ3) is 5.35. The van der Waals surface area contributed by atoms with Crippen LogP contribution in [0.3, 0.4) is 0 Å². The number of aromatic nitrogens is 1. The number of rotatable bonds is 10. The number of nitrogens with zero attached hydrogens (tertiary/aromatic N) is 1. The first-order valence-electron chi connectivity index (χ1n) is 13.4. The molecule has 0 saturated heterocycles. The smallest absolute Gasteiger partial charge is 0.257 e. The van der Waals surface area contributed by atoms with Crippen molar-refractivity contribution >= 4 is 11.8 Å². The molecule has 5 rings (SSSR count). The van der Waals surface area contributed by atoms with Gasteiger partial charge >= 0.3 is 0 Å². The number of ether oxygens (including phenoxy) is 1. The average molecular weight is 486 g/mol. The van der Waals surface area contributed by atoms with E-state index >= 15 is 0 Å². The summed E-state index contributed by atoms with van der Waals surface area (Å²) in [5.41, 5.74) is -0.800. The van der Waals surface area contributed by atoms with E-state index in [0.717, 1.165) is 43.4 Å². The molecule has 0 unspecified atom stereocenters. The van der Waals surface area contributed by atoms with Gasteiger partial charge in [0.15, 0.2) is 0 Å². The third-order valence-corrected chi connectivity index (χ3v) is 8.91. The fourth-order valence-electron chi connectivity index (χ4n) is 7.21. The predicted molar refractivity (Wildman–Crippen MR) is 137 cm³/mol. The van der Waals surface area contributed by atoms with Gasteiger partial charge in [-0.25, -0.2) is 0 Å². The highest BCUT2D eigenvalue weighted by molar-refractivity contribution is 5.99. The van der Waals surface area contributed by atoms with E-state index in [9.17, 15) is 14.4 Å². The highest BCUT2D eigenvalue weighted by Crippen LogP contribution is 2.63. The van der Waals surface area contributed by atoms with E-state index in [1.807, 2.05) is 4.57 Å². The van der Waals surface area contributed by atoms with E-state index in [2.05, 4.69) is 38.3 Å². The summed E-state index contributed by atoms with van der Waals surface area (Å²) in [7, 11) is 1.56. The number of carbonyl (C=O) groups excluding carboxylic acids is 2. The zero-order valence-electron chi connectivity index (χ0n) is 22.1. The Morgan fingerprint density at radius 3 is 2.11 bits per heavy atom. The SMILES string of the molecule is COCCNC(=O)c1cn(CCC(C)C)cc(C(=O)NC(C)(C)C23CC4CC(CC(C4)C2)C3)c1=O. The van der Waals surface area contributed by atoms with Crippen molar-refractivity contribution in [3.63, 3.8) is 0 Å². The lowest BCUT2D eigenvalue weighted by Gasteiger charge is -2.62. The van der Waals surface area contributed by atoms with Gasteiger partial charge < -0.3 is 19.9 Å². The first kappa shape index (κ1) is 25.9. The summed E-state index contributed by atoms with van der Waals surface area (Å²) in [6, 6.07) is 0. The van der Waals surface area contributed by atoms with Gasteiger partial charge in [0.05, 0.1) is 6.61 Å². The van der Waals surface area contributed by atoms with Crippen LogP contribution in [0.1, 0.15) is 93.4 Å². The lowest BCUT2D eigenvalue weighted by atomic mass is 9.45. The van der Waals surface area contributed by atoms with Crippen LogP contribution in [-0.4, -0.2) is 42.2 Å². The van der Waals surface area contributed by atoms with Crippen molar-refractivity contribution in [2.24, 2.45) is 29.1 Å². The summed E-state index contributed by atoms with van der Waals surface area (Å²) < 4.78 is 6.82. The average Bonchev–Trinajstić information content (AvgIpc) is 2.77. The number of nitrogens with one attached hydrogen (secondary N) is 2. The molecule has 194 valence electrons. The Balaban J connectivity index is 1.60. The summed E-state index contributed by atoms with van der Waals surface area (Å²) in [4.78, 5) is 39.8. The van der Waals surface area contributed by atoms with Crippen LogP contribution in [0.5, 0.6) is 0 Å². The van der Waals surface area contributed by atoms with Crippen LogP contribution in [-0.2, 0) is 11.3 Å². The maximum absolute atomic E-state index is 13.6. The maximum atomic E-state index is 13.6. The van der Waals surface area contributed by atoms with Crippen LogP contribution >= 0.6 is 0 Å². The van der Waals surface area contributed by atoms with Crippen molar-refractivity contribution in [3.8, 4) is 0 Å². The van der Waals surface area contributed by atoms with Gasteiger partial charge in [-0.05, 0) is 87.9 Å². The lowest BCUT2D eigenvalue weighted by Crippen LogP contribution is -2.63. The van der Waals surface area contributed by atoms with Crippen LogP contribution in [0.25, 0.3) is 0 Å². The number of pyridine rings is 1. The summed E-state index contributed by atoms with van der Waals surface area (Å²) in [6.45, 7) is 9.82. The molecule has 35 heavy (non-hydrogen) atoms. The van der Waals surface area contributed by atoms with E-state index in [0.29, 0.717) is 25.6 Å². The highest BCUT2D eigenvalue weighted by atomic mass is 16.5. The number of hydrogen-bond donors (Lipinski definition) is 2. The van der Waals surface area contributed by atoms with E-state index in [1.165, 1.54) is 19.3 Å². The van der Waals surface area contributed by atoms with E-state index in [4.69, 9.17) is 4.74 Å². The fourth-order valence-corrected chi connectivity index (χ4v) is 7.21. The molecule has 4 fully saturated rings. The van der Waals surface area contributed by atoms with Gasteiger partial charge in [-0.2, -0.15) is 0 Å².